The first kappa shape index (κ1) is 19.0. The van der Waals surface area contributed by atoms with E-state index < -0.39 is 5.54 Å². The summed E-state index contributed by atoms with van der Waals surface area (Å²) in [7, 11) is 0. The topological polar surface area (TPSA) is 58.6 Å². The van der Waals surface area contributed by atoms with Crippen LogP contribution in [0.2, 0.25) is 5.02 Å². The van der Waals surface area contributed by atoms with Crippen LogP contribution in [0.15, 0.2) is 54.6 Å². The summed E-state index contributed by atoms with van der Waals surface area (Å²) >= 11 is 6.02. The SMILES string of the molecule is O=C1CO[C@@H]2CN(C(=O)CCc3cccc(Cl)c3)CC[C@@]2(c2ccccc2)N1. The number of amides is 2. The predicted octanol–water partition coefficient (Wildman–Crippen LogP) is 2.92. The number of ether oxygens (including phenoxy) is 1. The van der Waals surface area contributed by atoms with Gasteiger partial charge in [-0.3, -0.25) is 9.59 Å². The molecule has 1 N–H and O–H groups in total. The van der Waals surface area contributed by atoms with Gasteiger partial charge in [-0.25, -0.2) is 0 Å². The minimum Gasteiger partial charge on any atom is -0.364 e. The van der Waals surface area contributed by atoms with Crippen molar-refractivity contribution in [3.05, 3.63) is 70.7 Å². The van der Waals surface area contributed by atoms with Gasteiger partial charge in [0, 0.05) is 24.5 Å². The van der Waals surface area contributed by atoms with E-state index >= 15 is 0 Å². The van der Waals surface area contributed by atoms with Crippen molar-refractivity contribution in [1.29, 1.82) is 0 Å². The maximum Gasteiger partial charge on any atom is 0.246 e. The number of nitrogens with one attached hydrogen (secondary N) is 1. The Morgan fingerprint density at radius 2 is 2.04 bits per heavy atom. The first-order valence-electron chi connectivity index (χ1n) is 9.57. The van der Waals surface area contributed by atoms with Crippen molar-refractivity contribution in [3.8, 4) is 0 Å². The number of hydrogen-bond donors (Lipinski definition) is 1. The maximum absolute atomic E-state index is 12.8. The van der Waals surface area contributed by atoms with Crippen molar-refractivity contribution < 1.29 is 14.3 Å². The molecule has 2 aromatic carbocycles. The lowest BCUT2D eigenvalue weighted by Crippen LogP contribution is -2.67. The lowest BCUT2D eigenvalue weighted by molar-refractivity contribution is -0.157. The van der Waals surface area contributed by atoms with Gasteiger partial charge >= 0.3 is 0 Å². The van der Waals surface area contributed by atoms with Gasteiger partial charge in [0.2, 0.25) is 11.8 Å². The van der Waals surface area contributed by atoms with Crippen LogP contribution in [-0.4, -0.2) is 42.5 Å². The molecule has 0 spiro atoms. The number of fused-ring (bicyclic) bond motifs is 1. The van der Waals surface area contributed by atoms with Crippen molar-refractivity contribution >= 4 is 23.4 Å². The van der Waals surface area contributed by atoms with E-state index in [1.54, 1.807) is 0 Å². The summed E-state index contributed by atoms with van der Waals surface area (Å²) in [6.07, 6.45) is 1.47. The monoisotopic (exact) mass is 398 g/mol. The van der Waals surface area contributed by atoms with Gasteiger partial charge in [0.25, 0.3) is 0 Å². The second-order valence-corrected chi connectivity index (χ2v) is 7.84. The molecule has 2 heterocycles. The zero-order valence-corrected chi connectivity index (χ0v) is 16.3. The molecule has 6 heteroatoms. The van der Waals surface area contributed by atoms with Gasteiger partial charge in [0.15, 0.2) is 0 Å². The van der Waals surface area contributed by atoms with E-state index in [-0.39, 0.29) is 24.5 Å². The van der Waals surface area contributed by atoms with Crippen molar-refractivity contribution in [1.82, 2.24) is 10.2 Å². The molecule has 2 aliphatic heterocycles. The van der Waals surface area contributed by atoms with Crippen LogP contribution in [0.3, 0.4) is 0 Å². The molecule has 0 aromatic heterocycles. The summed E-state index contributed by atoms with van der Waals surface area (Å²) in [5.41, 5.74) is 1.51. The molecule has 0 bridgehead atoms. The molecule has 2 fully saturated rings. The van der Waals surface area contributed by atoms with Crippen LogP contribution >= 0.6 is 11.6 Å². The smallest absolute Gasteiger partial charge is 0.246 e. The van der Waals surface area contributed by atoms with E-state index in [1.165, 1.54) is 0 Å². The molecule has 5 nitrogen and oxygen atoms in total. The molecule has 0 radical (unpaired) electrons. The molecule has 2 aromatic rings. The zero-order valence-electron chi connectivity index (χ0n) is 15.6. The molecule has 2 amide bonds. The highest BCUT2D eigenvalue weighted by Gasteiger charge is 2.49. The summed E-state index contributed by atoms with van der Waals surface area (Å²) in [5, 5.41) is 3.84. The highest BCUT2D eigenvalue weighted by Crippen LogP contribution is 2.37. The van der Waals surface area contributed by atoms with Gasteiger partial charge < -0.3 is 15.0 Å². The van der Waals surface area contributed by atoms with Crippen LogP contribution < -0.4 is 5.32 Å². The average molecular weight is 399 g/mol. The molecule has 2 saturated heterocycles. The second kappa shape index (κ2) is 7.94. The zero-order chi connectivity index (χ0) is 19.6. The number of carbonyl (C=O) groups is 2. The Balaban J connectivity index is 1.46. The first-order chi connectivity index (χ1) is 13.6. The number of nitrogens with zero attached hydrogens (tertiary/aromatic N) is 1. The van der Waals surface area contributed by atoms with Crippen LogP contribution in [0.4, 0.5) is 0 Å². The predicted molar refractivity (Wildman–Crippen MR) is 107 cm³/mol. The van der Waals surface area contributed by atoms with Gasteiger partial charge in [0.05, 0.1) is 5.54 Å². The van der Waals surface area contributed by atoms with Gasteiger partial charge in [0.1, 0.15) is 12.7 Å². The lowest BCUT2D eigenvalue weighted by atomic mass is 9.77. The van der Waals surface area contributed by atoms with Crippen LogP contribution in [0.25, 0.3) is 0 Å². The Morgan fingerprint density at radius 3 is 2.82 bits per heavy atom. The highest BCUT2D eigenvalue weighted by molar-refractivity contribution is 6.30. The normalized spacial score (nSPS) is 24.4. The Hall–Kier alpha value is -2.37. The fraction of sp³-hybridized carbons (Fsp3) is 0.364. The number of rotatable bonds is 4. The third-order valence-electron chi connectivity index (χ3n) is 5.65. The van der Waals surface area contributed by atoms with Gasteiger partial charge in [-0.1, -0.05) is 54.1 Å². The van der Waals surface area contributed by atoms with Crippen molar-refractivity contribution in [2.24, 2.45) is 0 Å². The molecule has 2 aliphatic rings. The highest BCUT2D eigenvalue weighted by atomic mass is 35.5. The molecule has 2 atom stereocenters. The largest absolute Gasteiger partial charge is 0.364 e. The third kappa shape index (κ3) is 3.77. The molecular formula is C22H23ClN2O3. The quantitative estimate of drug-likeness (QED) is 0.861. The number of piperidine rings is 1. The molecule has 0 aliphatic carbocycles. The van der Waals surface area contributed by atoms with E-state index in [9.17, 15) is 9.59 Å². The number of morpholine rings is 1. The Labute approximate surface area is 169 Å². The summed E-state index contributed by atoms with van der Waals surface area (Å²) in [6.45, 7) is 1.09. The summed E-state index contributed by atoms with van der Waals surface area (Å²) in [5.74, 6) is -0.0111. The lowest BCUT2D eigenvalue weighted by Gasteiger charge is -2.50. The van der Waals surface area contributed by atoms with Gasteiger partial charge in [-0.2, -0.15) is 0 Å². The van der Waals surface area contributed by atoms with Gasteiger partial charge in [-0.05, 0) is 36.1 Å². The Morgan fingerprint density at radius 1 is 1.21 bits per heavy atom. The van der Waals surface area contributed by atoms with Crippen molar-refractivity contribution in [3.63, 3.8) is 0 Å². The minimum absolute atomic E-state index is 0.0315. The van der Waals surface area contributed by atoms with Crippen molar-refractivity contribution in [2.45, 2.75) is 30.9 Å². The molecule has 0 saturated carbocycles. The second-order valence-electron chi connectivity index (χ2n) is 7.40. The summed E-state index contributed by atoms with van der Waals surface area (Å²) in [6, 6.07) is 17.5. The van der Waals surface area contributed by atoms with Crippen LogP contribution in [-0.2, 0) is 26.3 Å². The summed E-state index contributed by atoms with van der Waals surface area (Å²) < 4.78 is 5.89. The number of hydrogen-bond acceptors (Lipinski definition) is 3. The van der Waals surface area contributed by atoms with E-state index in [2.05, 4.69) is 5.32 Å². The first-order valence-corrected chi connectivity index (χ1v) is 9.95. The van der Waals surface area contributed by atoms with E-state index in [1.807, 2.05) is 59.5 Å². The van der Waals surface area contributed by atoms with Crippen LogP contribution in [0, 0.1) is 0 Å². The minimum atomic E-state index is -0.569. The third-order valence-corrected chi connectivity index (χ3v) is 5.88. The molecular weight excluding hydrogens is 376 g/mol. The summed E-state index contributed by atoms with van der Waals surface area (Å²) in [4.78, 5) is 26.7. The van der Waals surface area contributed by atoms with Crippen molar-refractivity contribution in [2.75, 3.05) is 19.7 Å². The van der Waals surface area contributed by atoms with E-state index in [0.29, 0.717) is 37.4 Å². The van der Waals surface area contributed by atoms with Gasteiger partial charge in [-0.15, -0.1) is 0 Å². The fourth-order valence-corrected chi connectivity index (χ4v) is 4.40. The fourth-order valence-electron chi connectivity index (χ4n) is 4.19. The Kier molecular flexibility index (Phi) is 5.38. The van der Waals surface area contributed by atoms with Crippen LogP contribution in [0.5, 0.6) is 0 Å². The molecule has 4 rings (SSSR count). The van der Waals surface area contributed by atoms with E-state index in [4.69, 9.17) is 16.3 Å². The Bertz CT molecular complexity index is 873. The van der Waals surface area contributed by atoms with Crippen LogP contribution in [0.1, 0.15) is 24.0 Å². The number of aryl methyl sites for hydroxylation is 1. The number of likely N-dealkylation sites (tertiary alicyclic amines) is 1. The number of benzene rings is 2. The molecule has 0 unspecified atom stereocenters. The van der Waals surface area contributed by atoms with E-state index in [0.717, 1.165) is 11.1 Å². The molecule has 146 valence electrons. The molecule has 28 heavy (non-hydrogen) atoms. The standard InChI is InChI=1S/C22H23ClN2O3/c23-18-8-4-5-16(13-18)9-10-21(27)25-12-11-22(17-6-2-1-3-7-17)19(14-25)28-15-20(26)24-22/h1-8,13,19H,9-12,14-15H2,(H,24,26)/t19-,22+/m1/s1. The number of carbonyl (C=O) groups excluding carboxylic acids is 2. The maximum atomic E-state index is 12.8. The number of halogens is 1. The average Bonchev–Trinajstić information content (AvgIpc) is 2.72.